The number of aryl methyl sites for hydroxylation is 1. The van der Waals surface area contributed by atoms with Gasteiger partial charge in [-0.2, -0.15) is 8.42 Å². The number of benzene rings is 2. The zero-order chi connectivity index (χ0) is 26.6. The van der Waals surface area contributed by atoms with Crippen LogP contribution < -0.4 is 5.32 Å². The number of thiophene rings is 1. The molecule has 4 rings (SSSR count). The van der Waals surface area contributed by atoms with E-state index in [1.54, 1.807) is 19.2 Å². The van der Waals surface area contributed by atoms with Crippen LogP contribution >= 0.6 is 11.3 Å². The molecule has 2 aromatic carbocycles. The van der Waals surface area contributed by atoms with Gasteiger partial charge >= 0.3 is 0 Å². The van der Waals surface area contributed by atoms with E-state index < -0.39 is 10.1 Å². The van der Waals surface area contributed by atoms with Gasteiger partial charge in [0.25, 0.3) is 16.0 Å². The lowest BCUT2D eigenvalue weighted by Gasteiger charge is -2.08. The number of ether oxygens (including phenoxy) is 1. The summed E-state index contributed by atoms with van der Waals surface area (Å²) in [5, 5.41) is 14.1. The first kappa shape index (κ1) is 27.4. The Hall–Kier alpha value is -3.22. The molecule has 0 saturated carbocycles. The summed E-state index contributed by atoms with van der Waals surface area (Å²) in [5.74, 6) is 0.105. The summed E-state index contributed by atoms with van der Waals surface area (Å²) >= 11 is 1.31. The van der Waals surface area contributed by atoms with Crippen LogP contribution in [0.1, 0.15) is 43.6 Å². The van der Waals surface area contributed by atoms with Crippen LogP contribution in [0.15, 0.2) is 42.5 Å². The van der Waals surface area contributed by atoms with Crippen molar-refractivity contribution < 1.29 is 32.4 Å². The van der Waals surface area contributed by atoms with Crippen LogP contribution in [0, 0.1) is 6.92 Å². The van der Waals surface area contributed by atoms with E-state index in [9.17, 15) is 23.1 Å². The molecule has 0 aliphatic heterocycles. The molecule has 4 aromatic rings. The van der Waals surface area contributed by atoms with Gasteiger partial charge in [-0.15, -0.1) is 11.3 Å². The summed E-state index contributed by atoms with van der Waals surface area (Å²) in [6.07, 6.45) is 0.715. The Morgan fingerprint density at radius 3 is 2.42 bits per heavy atom. The number of pyridine rings is 1. The number of aliphatic hydroxyl groups is 1. The first-order valence-electron chi connectivity index (χ1n) is 10.7. The predicted octanol–water partition coefficient (Wildman–Crippen LogP) is 4.36. The molecular formula is C25H26N2O7S2. The fourth-order valence-corrected chi connectivity index (χ4v) is 5.11. The normalized spacial score (nSPS) is 11.3. The number of fused-ring (bicyclic) bond motifs is 2. The van der Waals surface area contributed by atoms with Gasteiger partial charge in [0, 0.05) is 28.1 Å². The monoisotopic (exact) mass is 530 g/mol. The highest BCUT2D eigenvalue weighted by Gasteiger charge is 2.21. The Balaban J connectivity index is 0.000000658. The summed E-state index contributed by atoms with van der Waals surface area (Å²) in [5.41, 5.74) is 3.83. The van der Waals surface area contributed by atoms with E-state index >= 15 is 0 Å². The standard InChI is InChI=1S/C24H22N2O4S.CH4O3S/c1-13-21-16(12-30-3)7-8-17(14(2)28)23(21)31-22(13)24(29)26-20-10-9-18-15(11-27)5-4-6-19(18)25-20;1-5(2,3)4/h4-10,27H,11-12H2,1-3H3,(H,25,26,29);1H3,(H,2,3,4). The van der Waals surface area contributed by atoms with E-state index in [4.69, 9.17) is 9.29 Å². The average Bonchev–Trinajstić information content (AvgIpc) is 3.15. The van der Waals surface area contributed by atoms with Crippen molar-refractivity contribution in [2.24, 2.45) is 0 Å². The predicted molar refractivity (Wildman–Crippen MR) is 140 cm³/mol. The number of anilines is 1. The molecule has 9 nitrogen and oxygen atoms in total. The van der Waals surface area contributed by atoms with Crippen LogP contribution in [-0.4, -0.2) is 48.1 Å². The number of amides is 1. The second-order valence-corrected chi connectivity index (χ2v) is 10.5. The van der Waals surface area contributed by atoms with Crippen molar-refractivity contribution in [1.29, 1.82) is 0 Å². The van der Waals surface area contributed by atoms with Gasteiger partial charge in [-0.25, -0.2) is 4.98 Å². The maximum Gasteiger partial charge on any atom is 0.267 e. The lowest BCUT2D eigenvalue weighted by molar-refractivity contribution is 0.101. The van der Waals surface area contributed by atoms with E-state index in [-0.39, 0.29) is 18.3 Å². The second-order valence-electron chi connectivity index (χ2n) is 8.05. The van der Waals surface area contributed by atoms with E-state index in [1.807, 2.05) is 37.3 Å². The highest BCUT2D eigenvalue weighted by atomic mass is 32.2. The zero-order valence-corrected chi connectivity index (χ0v) is 21.8. The molecule has 2 heterocycles. The van der Waals surface area contributed by atoms with E-state index in [1.165, 1.54) is 18.3 Å². The summed E-state index contributed by atoms with van der Waals surface area (Å²) in [6, 6.07) is 12.7. The molecule has 2 aromatic heterocycles. The number of methoxy groups -OCH3 is 1. The van der Waals surface area contributed by atoms with Crippen molar-refractivity contribution in [1.82, 2.24) is 4.98 Å². The van der Waals surface area contributed by atoms with Gasteiger partial charge in [0.2, 0.25) is 0 Å². The van der Waals surface area contributed by atoms with Gasteiger partial charge in [-0.1, -0.05) is 18.2 Å². The summed E-state index contributed by atoms with van der Waals surface area (Å²) in [7, 11) is -2.05. The number of nitrogens with zero attached hydrogens (tertiary/aromatic N) is 1. The van der Waals surface area contributed by atoms with Gasteiger partial charge in [-0.05, 0) is 54.8 Å². The number of carbonyl (C=O) groups excluding carboxylic acids is 2. The number of aliphatic hydroxyl groups excluding tert-OH is 1. The van der Waals surface area contributed by atoms with Crippen molar-refractivity contribution >= 4 is 60.0 Å². The largest absolute Gasteiger partial charge is 0.392 e. The first-order valence-corrected chi connectivity index (χ1v) is 13.4. The smallest absolute Gasteiger partial charge is 0.267 e. The Kier molecular flexibility index (Phi) is 8.54. The Bertz CT molecular complexity index is 1550. The molecule has 0 spiro atoms. The fraction of sp³-hybridized carbons (Fsp3) is 0.240. The highest BCUT2D eigenvalue weighted by molar-refractivity contribution is 7.85. The van der Waals surface area contributed by atoms with Crippen molar-refractivity contribution in [3.05, 3.63) is 69.6 Å². The SMILES string of the molecule is COCc1ccc(C(C)=O)c2sc(C(=O)Nc3ccc4c(CO)cccc4n3)c(C)c12.CS(=O)(=O)O. The molecule has 0 atom stereocenters. The minimum absolute atomic E-state index is 0.0435. The molecule has 0 saturated heterocycles. The van der Waals surface area contributed by atoms with Gasteiger partial charge in [0.05, 0.1) is 29.9 Å². The number of rotatable bonds is 6. The lowest BCUT2D eigenvalue weighted by atomic mass is 10.0. The minimum Gasteiger partial charge on any atom is -0.392 e. The molecule has 190 valence electrons. The minimum atomic E-state index is -3.67. The Morgan fingerprint density at radius 1 is 1.11 bits per heavy atom. The van der Waals surface area contributed by atoms with E-state index in [0.29, 0.717) is 34.6 Å². The van der Waals surface area contributed by atoms with Gasteiger partial charge in [0.1, 0.15) is 5.82 Å². The van der Waals surface area contributed by atoms with E-state index in [0.717, 1.165) is 32.2 Å². The second kappa shape index (κ2) is 11.2. The summed E-state index contributed by atoms with van der Waals surface area (Å²) in [4.78, 5) is 30.3. The zero-order valence-electron chi connectivity index (χ0n) is 20.2. The Morgan fingerprint density at radius 2 is 1.81 bits per heavy atom. The number of aromatic nitrogens is 1. The molecule has 0 aliphatic rings. The molecule has 1 amide bonds. The molecule has 3 N–H and O–H groups in total. The van der Waals surface area contributed by atoms with Gasteiger partial charge < -0.3 is 15.2 Å². The molecule has 0 aliphatic carbocycles. The van der Waals surface area contributed by atoms with Crippen molar-refractivity contribution in [2.45, 2.75) is 27.1 Å². The maximum atomic E-state index is 13.1. The van der Waals surface area contributed by atoms with Gasteiger partial charge in [-0.3, -0.25) is 14.1 Å². The number of nitrogens with one attached hydrogen (secondary N) is 1. The highest BCUT2D eigenvalue weighted by Crippen LogP contribution is 2.37. The number of hydrogen-bond donors (Lipinski definition) is 3. The third-order valence-electron chi connectivity index (χ3n) is 5.28. The molecule has 11 heteroatoms. The van der Waals surface area contributed by atoms with Crippen LogP contribution in [0.2, 0.25) is 0 Å². The summed E-state index contributed by atoms with van der Waals surface area (Å²) in [6.45, 7) is 3.73. The number of hydrogen-bond acceptors (Lipinski definition) is 8. The molecule has 0 fully saturated rings. The number of Topliss-reactive ketones (excluding diaryl/α,β-unsaturated/α-hetero) is 1. The fourth-order valence-electron chi connectivity index (χ4n) is 3.80. The van der Waals surface area contributed by atoms with Crippen LogP contribution in [-0.2, 0) is 28.1 Å². The van der Waals surface area contributed by atoms with Crippen LogP contribution in [0.4, 0.5) is 5.82 Å². The summed E-state index contributed by atoms with van der Waals surface area (Å²) < 4.78 is 32.0. The van der Waals surface area contributed by atoms with Crippen LogP contribution in [0.5, 0.6) is 0 Å². The third-order valence-corrected chi connectivity index (χ3v) is 6.61. The molecule has 0 bridgehead atoms. The van der Waals surface area contributed by atoms with Crippen molar-refractivity contribution in [2.75, 3.05) is 18.7 Å². The third kappa shape index (κ3) is 6.31. The number of ketones is 1. The van der Waals surface area contributed by atoms with E-state index in [2.05, 4.69) is 10.3 Å². The molecule has 0 unspecified atom stereocenters. The topological polar surface area (TPSA) is 143 Å². The molecule has 36 heavy (non-hydrogen) atoms. The van der Waals surface area contributed by atoms with Crippen molar-refractivity contribution in [3.63, 3.8) is 0 Å². The molecule has 0 radical (unpaired) electrons. The Labute approximate surface area is 212 Å². The quantitative estimate of drug-likeness (QED) is 0.247. The van der Waals surface area contributed by atoms with Crippen LogP contribution in [0.3, 0.4) is 0 Å². The lowest BCUT2D eigenvalue weighted by Crippen LogP contribution is -2.12. The first-order chi connectivity index (χ1) is 16.9. The van der Waals surface area contributed by atoms with Gasteiger partial charge in [0.15, 0.2) is 5.78 Å². The number of carbonyl (C=O) groups is 2. The average molecular weight is 531 g/mol. The van der Waals surface area contributed by atoms with Crippen molar-refractivity contribution in [3.8, 4) is 0 Å². The van der Waals surface area contributed by atoms with Crippen LogP contribution in [0.25, 0.3) is 21.0 Å². The maximum absolute atomic E-state index is 13.1. The molecular weight excluding hydrogens is 504 g/mol.